The van der Waals surface area contributed by atoms with Crippen molar-refractivity contribution in [2.24, 2.45) is 11.1 Å². The predicted molar refractivity (Wildman–Crippen MR) is 127 cm³/mol. The van der Waals surface area contributed by atoms with E-state index in [1.54, 1.807) is 18.2 Å². The summed E-state index contributed by atoms with van der Waals surface area (Å²) < 4.78 is 52.4. The number of benzene rings is 1. The van der Waals surface area contributed by atoms with Crippen molar-refractivity contribution in [1.82, 2.24) is 9.97 Å². The number of aliphatic hydroxyl groups is 1. The summed E-state index contributed by atoms with van der Waals surface area (Å²) in [4.78, 5) is 21.6. The normalized spacial score (nSPS) is 20.6. The molecule has 0 aliphatic heterocycles. The SMILES string of the molecule is NS(=O)(=O)OC[C@H]1C[C@@H](Nc2ncncc2C(=O)c2cc(S(=O)(=O)c3ccccc3)cs2)C[C@@H]1O. The highest BCUT2D eigenvalue weighted by Gasteiger charge is 2.35. The summed E-state index contributed by atoms with van der Waals surface area (Å²) in [5, 5.41) is 19.6. The van der Waals surface area contributed by atoms with Crippen molar-refractivity contribution in [3.8, 4) is 0 Å². The Morgan fingerprint density at radius 2 is 1.91 bits per heavy atom. The van der Waals surface area contributed by atoms with Crippen LogP contribution in [0.25, 0.3) is 0 Å². The number of aromatic nitrogens is 2. The van der Waals surface area contributed by atoms with Gasteiger partial charge in [-0.2, -0.15) is 8.42 Å². The van der Waals surface area contributed by atoms with Gasteiger partial charge in [-0.15, -0.1) is 11.3 Å². The standard InChI is InChI=1S/C21H22N4O7S3/c22-35(30,31)32-10-13-6-14(7-18(13)26)25-21-17(9-23-12-24-21)20(27)19-8-16(11-33-19)34(28,29)15-4-2-1-3-5-15/h1-5,8-9,11-14,18,26H,6-7,10H2,(H2,22,30,31)(H,23,24,25)/t13-,14-,18+/m1/s1. The van der Waals surface area contributed by atoms with Crippen molar-refractivity contribution in [3.05, 3.63) is 64.7 Å². The van der Waals surface area contributed by atoms with E-state index in [-0.39, 0.29) is 45.1 Å². The van der Waals surface area contributed by atoms with E-state index in [0.29, 0.717) is 6.42 Å². The number of thiophene rings is 1. The zero-order valence-electron chi connectivity index (χ0n) is 18.1. The first-order valence-electron chi connectivity index (χ1n) is 10.4. The van der Waals surface area contributed by atoms with E-state index in [4.69, 9.17) is 5.14 Å². The fraction of sp³-hybridized carbons (Fsp3) is 0.286. The van der Waals surface area contributed by atoms with Crippen LogP contribution < -0.4 is 10.5 Å². The molecule has 0 bridgehead atoms. The molecule has 4 rings (SSSR count). The molecule has 0 spiro atoms. The number of nitrogens with zero attached hydrogens (tertiary/aromatic N) is 2. The lowest BCUT2D eigenvalue weighted by Crippen LogP contribution is -2.24. The van der Waals surface area contributed by atoms with Gasteiger partial charge < -0.3 is 10.4 Å². The average molecular weight is 539 g/mol. The van der Waals surface area contributed by atoms with Gasteiger partial charge in [0.25, 0.3) is 0 Å². The first-order chi connectivity index (χ1) is 16.5. The molecular weight excluding hydrogens is 516 g/mol. The molecule has 11 nitrogen and oxygen atoms in total. The first kappa shape index (κ1) is 25.3. The summed E-state index contributed by atoms with van der Waals surface area (Å²) in [6.07, 6.45) is 2.38. The maximum Gasteiger partial charge on any atom is 0.333 e. The van der Waals surface area contributed by atoms with Crippen LogP contribution in [0.1, 0.15) is 28.1 Å². The van der Waals surface area contributed by atoms with Crippen LogP contribution in [-0.4, -0.2) is 56.4 Å². The molecule has 2 aromatic heterocycles. The second-order valence-corrected chi connectivity index (χ2v) is 12.1. The minimum Gasteiger partial charge on any atom is -0.393 e. The molecule has 1 aromatic carbocycles. The fourth-order valence-electron chi connectivity index (χ4n) is 3.83. The Balaban J connectivity index is 1.51. The third-order valence-corrected chi connectivity index (χ3v) is 8.86. The van der Waals surface area contributed by atoms with E-state index in [2.05, 4.69) is 19.5 Å². The van der Waals surface area contributed by atoms with Crippen LogP contribution in [0.15, 0.2) is 64.1 Å². The zero-order chi connectivity index (χ0) is 25.2. The maximum atomic E-state index is 13.2. The van der Waals surface area contributed by atoms with E-state index in [0.717, 1.165) is 11.3 Å². The molecule has 0 amide bonds. The number of hydrogen-bond acceptors (Lipinski definition) is 11. The maximum absolute atomic E-state index is 13.2. The van der Waals surface area contributed by atoms with Crippen molar-refractivity contribution >= 4 is 43.1 Å². The molecule has 1 saturated carbocycles. The van der Waals surface area contributed by atoms with Crippen molar-refractivity contribution in [1.29, 1.82) is 0 Å². The van der Waals surface area contributed by atoms with E-state index in [9.17, 15) is 26.7 Å². The zero-order valence-corrected chi connectivity index (χ0v) is 20.6. The van der Waals surface area contributed by atoms with Gasteiger partial charge in [-0.1, -0.05) is 18.2 Å². The molecule has 1 aliphatic rings. The van der Waals surface area contributed by atoms with Crippen LogP contribution in [0.2, 0.25) is 0 Å². The van der Waals surface area contributed by atoms with Gasteiger partial charge in [-0.25, -0.2) is 23.5 Å². The first-order valence-corrected chi connectivity index (χ1v) is 14.2. The number of aliphatic hydroxyl groups excluding tert-OH is 1. The molecule has 186 valence electrons. The molecule has 14 heteroatoms. The summed E-state index contributed by atoms with van der Waals surface area (Å²) in [5.41, 5.74) is 0.136. The highest BCUT2D eigenvalue weighted by molar-refractivity contribution is 7.91. The van der Waals surface area contributed by atoms with Gasteiger partial charge in [0.2, 0.25) is 15.6 Å². The van der Waals surface area contributed by atoms with Crippen LogP contribution in [0.4, 0.5) is 5.82 Å². The Kier molecular flexibility index (Phi) is 7.30. The minimum atomic E-state index is -4.12. The Bertz CT molecular complexity index is 1430. The quantitative estimate of drug-likeness (QED) is 0.337. The van der Waals surface area contributed by atoms with Crippen LogP contribution in [0, 0.1) is 5.92 Å². The fourth-order valence-corrected chi connectivity index (χ4v) is 6.71. The lowest BCUT2D eigenvalue weighted by atomic mass is 10.1. The molecule has 0 radical (unpaired) electrons. The largest absolute Gasteiger partial charge is 0.393 e. The number of nitrogens with two attached hydrogens (primary N) is 1. The number of rotatable bonds is 9. The lowest BCUT2D eigenvalue weighted by Gasteiger charge is -2.15. The third-order valence-electron chi connectivity index (χ3n) is 5.56. The number of sulfone groups is 1. The number of carbonyl (C=O) groups excluding carboxylic acids is 1. The lowest BCUT2D eigenvalue weighted by molar-refractivity contribution is 0.101. The van der Waals surface area contributed by atoms with Gasteiger partial charge in [0.1, 0.15) is 12.1 Å². The number of anilines is 1. The summed E-state index contributed by atoms with van der Waals surface area (Å²) in [5.74, 6) is -0.716. The molecule has 1 aliphatic carbocycles. The molecule has 3 aromatic rings. The highest BCUT2D eigenvalue weighted by Crippen LogP contribution is 2.31. The second-order valence-electron chi connectivity index (χ2n) is 7.99. The van der Waals surface area contributed by atoms with E-state index in [1.165, 1.54) is 36.1 Å². The van der Waals surface area contributed by atoms with Gasteiger partial charge in [0, 0.05) is 23.5 Å². The summed E-state index contributed by atoms with van der Waals surface area (Å²) in [6, 6.07) is 8.93. The van der Waals surface area contributed by atoms with Crippen LogP contribution >= 0.6 is 11.3 Å². The molecule has 4 N–H and O–H groups in total. The highest BCUT2D eigenvalue weighted by atomic mass is 32.2. The van der Waals surface area contributed by atoms with Crippen molar-refractivity contribution in [3.63, 3.8) is 0 Å². The second kappa shape index (κ2) is 10.1. The van der Waals surface area contributed by atoms with Crippen LogP contribution in [0.5, 0.6) is 0 Å². The Morgan fingerprint density at radius 3 is 2.63 bits per heavy atom. The number of ketones is 1. The number of carbonyl (C=O) groups is 1. The monoisotopic (exact) mass is 538 g/mol. The predicted octanol–water partition coefficient (Wildman–Crippen LogP) is 1.37. The average Bonchev–Trinajstić information content (AvgIpc) is 3.45. The smallest absolute Gasteiger partial charge is 0.333 e. The molecular formula is C21H22N4O7S3. The molecule has 35 heavy (non-hydrogen) atoms. The van der Waals surface area contributed by atoms with Crippen molar-refractivity contribution < 1.29 is 30.9 Å². The third kappa shape index (κ3) is 5.91. The Labute approximate surface area is 206 Å². The van der Waals surface area contributed by atoms with Gasteiger partial charge in [0.05, 0.1) is 32.9 Å². The molecule has 1 fully saturated rings. The minimum absolute atomic E-state index is 0.0139. The summed E-state index contributed by atoms with van der Waals surface area (Å²) in [7, 11) is -7.90. The number of hydrogen-bond donors (Lipinski definition) is 3. The van der Waals surface area contributed by atoms with E-state index < -0.39 is 37.9 Å². The van der Waals surface area contributed by atoms with E-state index >= 15 is 0 Å². The van der Waals surface area contributed by atoms with Crippen LogP contribution in [-0.2, 0) is 24.3 Å². The van der Waals surface area contributed by atoms with Crippen LogP contribution in [0.3, 0.4) is 0 Å². The topological polar surface area (TPSA) is 179 Å². The molecule has 2 heterocycles. The summed E-state index contributed by atoms with van der Waals surface area (Å²) in [6.45, 7) is -0.262. The van der Waals surface area contributed by atoms with Crippen molar-refractivity contribution in [2.75, 3.05) is 11.9 Å². The van der Waals surface area contributed by atoms with Gasteiger partial charge >= 0.3 is 10.3 Å². The molecule has 0 saturated heterocycles. The van der Waals surface area contributed by atoms with Gasteiger partial charge in [-0.3, -0.25) is 8.98 Å². The number of nitrogens with one attached hydrogen (secondary N) is 1. The van der Waals surface area contributed by atoms with E-state index in [1.807, 2.05) is 0 Å². The van der Waals surface area contributed by atoms with Gasteiger partial charge in [-0.05, 0) is 31.0 Å². The van der Waals surface area contributed by atoms with Gasteiger partial charge in [0.15, 0.2) is 0 Å². The molecule has 0 unspecified atom stereocenters. The summed E-state index contributed by atoms with van der Waals surface area (Å²) >= 11 is 0.998. The Hall–Kier alpha value is -2.75. The molecule has 3 atom stereocenters. The van der Waals surface area contributed by atoms with Crippen molar-refractivity contribution in [2.45, 2.75) is 34.8 Å². The Morgan fingerprint density at radius 1 is 1.17 bits per heavy atom.